The van der Waals surface area contributed by atoms with Gasteiger partial charge in [-0.2, -0.15) is 12.0 Å². The molecule has 0 saturated heterocycles. The van der Waals surface area contributed by atoms with Gasteiger partial charge < -0.3 is 6.92 Å². The van der Waals surface area contributed by atoms with Crippen molar-refractivity contribution in [1.29, 1.82) is 0 Å². The first-order valence-electron chi connectivity index (χ1n) is 8.76. The predicted octanol–water partition coefficient (Wildman–Crippen LogP) is 6.19. The molecule has 0 aromatic heterocycles. The summed E-state index contributed by atoms with van der Waals surface area (Å²) < 4.78 is 0. The Kier molecular flexibility index (Phi) is 14.3. The molecule has 2 aliphatic rings. The molecule has 0 bridgehead atoms. The van der Waals surface area contributed by atoms with Gasteiger partial charge in [0.2, 0.25) is 0 Å². The maximum atomic E-state index is 3.96. The van der Waals surface area contributed by atoms with E-state index in [0.29, 0.717) is 0 Å². The second kappa shape index (κ2) is 16.1. The maximum absolute atomic E-state index is 3.96. The van der Waals surface area contributed by atoms with Crippen LogP contribution < -0.4 is 0 Å². The summed E-state index contributed by atoms with van der Waals surface area (Å²) in [6.07, 6.45) is 24.1. The molecule has 0 nitrogen and oxygen atoms in total. The average Bonchev–Trinajstić information content (AvgIpc) is 3.46. The van der Waals surface area contributed by atoms with Crippen molar-refractivity contribution in [1.82, 2.24) is 0 Å². The molecule has 2 aromatic rings. The molecule has 4 rings (SSSR count). The van der Waals surface area contributed by atoms with Gasteiger partial charge in [0.1, 0.15) is 0 Å². The van der Waals surface area contributed by atoms with Gasteiger partial charge in [0.05, 0.1) is 0 Å². The molecule has 0 spiro atoms. The van der Waals surface area contributed by atoms with Gasteiger partial charge in [0.15, 0.2) is 0 Å². The first-order valence-corrected chi connectivity index (χ1v) is 8.76. The molecular weight excluding hydrogens is 404 g/mol. The van der Waals surface area contributed by atoms with E-state index in [1.165, 1.54) is 5.56 Å². The molecule has 10 radical (unpaired) electrons. The summed E-state index contributed by atoms with van der Waals surface area (Å²) in [6.45, 7) is 3.96. The van der Waals surface area contributed by atoms with Crippen LogP contribution in [0.15, 0.2) is 60.7 Å². The van der Waals surface area contributed by atoms with Crippen LogP contribution in [0.1, 0.15) is 17.5 Å². The van der Waals surface area contributed by atoms with Crippen LogP contribution in [0.25, 0.3) is 5.57 Å². The Morgan fingerprint density at radius 3 is 1.33 bits per heavy atom. The molecule has 2 saturated carbocycles. The molecule has 0 N–H and O–H groups in total. The third kappa shape index (κ3) is 10.8. The van der Waals surface area contributed by atoms with E-state index in [1.807, 2.05) is 101 Å². The third-order valence-corrected chi connectivity index (χ3v) is 3.55. The zero-order chi connectivity index (χ0) is 18.3. The van der Waals surface area contributed by atoms with E-state index in [0.717, 1.165) is 17.6 Å². The Hall–Kier alpha value is -0.937. The smallest absolute Gasteiger partial charge is 0.341 e. The molecule has 27 heavy (non-hydrogen) atoms. The Morgan fingerprint density at radius 1 is 0.593 bits per heavy atom. The van der Waals surface area contributed by atoms with Crippen molar-refractivity contribution in [2.45, 2.75) is 6.42 Å². The largest absolute Gasteiger partial charge is 4.00 e. The van der Waals surface area contributed by atoms with Gasteiger partial charge in [0, 0.05) is 0 Å². The standard InChI is InChI=1S/C16H14.2C5H5.Zr/c1-2-15(16-11-7-4-8-12-16)13-14-9-5-3-6-10-14;2*1-2-4-5-3-1;/h3-12H,1-2H2;2*1-5H;/q-2;;;+4. The van der Waals surface area contributed by atoms with Crippen LogP contribution in [0, 0.1) is 77.2 Å². The van der Waals surface area contributed by atoms with E-state index in [1.54, 1.807) is 0 Å². The minimum atomic E-state index is 0. The van der Waals surface area contributed by atoms with Crippen LogP contribution in [-0.4, -0.2) is 0 Å². The zero-order valence-electron chi connectivity index (χ0n) is 15.5. The van der Waals surface area contributed by atoms with Crippen LogP contribution in [0.4, 0.5) is 0 Å². The number of allylic oxidation sites excluding steroid dienone is 1. The Bertz CT molecular complexity index is 567. The summed E-state index contributed by atoms with van der Waals surface area (Å²) in [4.78, 5) is 0. The zero-order valence-corrected chi connectivity index (χ0v) is 17.9. The van der Waals surface area contributed by atoms with Gasteiger partial charge in [0.25, 0.3) is 0 Å². The predicted molar refractivity (Wildman–Crippen MR) is 112 cm³/mol. The molecule has 0 unspecified atom stereocenters. The SMILES string of the molecule is [CH2-]CC(=[C-]c1ccccc1)c1ccccc1.[CH]1[CH][CH][CH][CH]1.[CH]1[CH][CH][CH][CH]1.[Zr+4]. The molecule has 0 heterocycles. The quantitative estimate of drug-likeness (QED) is 0.405. The van der Waals surface area contributed by atoms with Crippen molar-refractivity contribution in [3.8, 4) is 0 Å². The number of benzene rings is 2. The van der Waals surface area contributed by atoms with E-state index in [4.69, 9.17) is 0 Å². The summed E-state index contributed by atoms with van der Waals surface area (Å²) in [5, 5.41) is 0. The van der Waals surface area contributed by atoms with Crippen molar-refractivity contribution in [3.05, 3.63) is 149 Å². The van der Waals surface area contributed by atoms with Gasteiger partial charge in [-0.05, 0) is 64.2 Å². The fourth-order valence-corrected chi connectivity index (χ4v) is 2.26. The fraction of sp³-hybridized carbons (Fsp3) is 0.0385. The molecule has 130 valence electrons. The van der Waals surface area contributed by atoms with Crippen LogP contribution in [-0.2, 0) is 26.2 Å². The summed E-state index contributed by atoms with van der Waals surface area (Å²) in [6, 6.07) is 20.5. The molecule has 1 heteroatoms. The van der Waals surface area contributed by atoms with Crippen molar-refractivity contribution in [2.24, 2.45) is 0 Å². The van der Waals surface area contributed by atoms with Crippen LogP contribution in [0.5, 0.6) is 0 Å². The normalized spacial score (nSPS) is 15.7. The topological polar surface area (TPSA) is 0 Å². The second-order valence-corrected chi connectivity index (χ2v) is 5.51. The van der Waals surface area contributed by atoms with E-state index in [9.17, 15) is 0 Å². The molecule has 0 aliphatic heterocycles. The molecular formula is C26H24Zr+2. The third-order valence-electron chi connectivity index (χ3n) is 3.55. The fourth-order valence-electron chi connectivity index (χ4n) is 2.26. The number of hydrogen-bond acceptors (Lipinski definition) is 0. The Balaban J connectivity index is 0.000000270. The van der Waals surface area contributed by atoms with Crippen molar-refractivity contribution in [2.75, 3.05) is 0 Å². The maximum Gasteiger partial charge on any atom is 4.00 e. The van der Waals surface area contributed by atoms with Gasteiger partial charge in [-0.1, -0.05) is 42.0 Å². The Morgan fingerprint density at radius 2 is 0.963 bits per heavy atom. The molecule has 0 atom stereocenters. The van der Waals surface area contributed by atoms with Crippen molar-refractivity contribution in [3.63, 3.8) is 0 Å². The molecule has 2 fully saturated rings. The van der Waals surface area contributed by atoms with E-state index < -0.39 is 0 Å². The number of hydrogen-bond donors (Lipinski definition) is 0. The minimum absolute atomic E-state index is 0. The summed E-state index contributed by atoms with van der Waals surface area (Å²) in [5.41, 5.74) is 3.44. The van der Waals surface area contributed by atoms with Gasteiger partial charge in [-0.25, -0.2) is 0 Å². The van der Waals surface area contributed by atoms with Crippen molar-refractivity contribution >= 4 is 5.57 Å². The Labute approximate surface area is 186 Å². The second-order valence-electron chi connectivity index (χ2n) is 5.51. The first kappa shape index (κ1) is 24.1. The van der Waals surface area contributed by atoms with Gasteiger partial charge in [-0.15, -0.1) is 35.9 Å². The monoisotopic (exact) mass is 426 g/mol. The van der Waals surface area contributed by atoms with Gasteiger partial charge >= 0.3 is 26.2 Å². The average molecular weight is 428 g/mol. The van der Waals surface area contributed by atoms with Crippen LogP contribution in [0.2, 0.25) is 0 Å². The van der Waals surface area contributed by atoms with E-state index in [-0.39, 0.29) is 26.2 Å². The summed E-state index contributed by atoms with van der Waals surface area (Å²) in [5.74, 6) is 0. The minimum Gasteiger partial charge on any atom is -0.341 e. The molecule has 2 aromatic carbocycles. The van der Waals surface area contributed by atoms with Gasteiger partial charge in [-0.3, -0.25) is 0 Å². The van der Waals surface area contributed by atoms with Crippen LogP contribution in [0.3, 0.4) is 0 Å². The van der Waals surface area contributed by atoms with Crippen molar-refractivity contribution < 1.29 is 26.2 Å². The molecule has 0 amide bonds. The summed E-state index contributed by atoms with van der Waals surface area (Å²) in [7, 11) is 0. The number of rotatable bonds is 3. The van der Waals surface area contributed by atoms with E-state index >= 15 is 0 Å². The van der Waals surface area contributed by atoms with Crippen LogP contribution >= 0.6 is 0 Å². The summed E-state index contributed by atoms with van der Waals surface area (Å²) >= 11 is 0. The first-order chi connectivity index (χ1) is 12.9. The van der Waals surface area contributed by atoms with E-state index in [2.05, 4.69) is 37.3 Å². The molecule has 2 aliphatic carbocycles.